The summed E-state index contributed by atoms with van der Waals surface area (Å²) in [6.07, 6.45) is 9.45. The van der Waals surface area contributed by atoms with E-state index in [1.807, 2.05) is 6.07 Å². The number of hydrogen-bond donors (Lipinski definition) is 0. The quantitative estimate of drug-likeness (QED) is 0.611. The van der Waals surface area contributed by atoms with Gasteiger partial charge in [-0.2, -0.15) is 0 Å². The van der Waals surface area contributed by atoms with Crippen LogP contribution in [-0.2, 0) is 4.74 Å². The fourth-order valence-corrected chi connectivity index (χ4v) is 2.23. The third kappa shape index (κ3) is 4.71. The Labute approximate surface area is 116 Å². The standard InChI is InChI=1S/C17H24O2/c1-18-12-4-2-3-5-13-19-17-11-7-10-16(14-17)15-8-6-9-15/h7-8,10-11,14H,2-6,9,12-13H2,1H3. The molecule has 19 heavy (non-hydrogen) atoms. The second-order valence-electron chi connectivity index (χ2n) is 5.05. The third-order valence-electron chi connectivity index (χ3n) is 3.52. The first kappa shape index (κ1) is 14.1. The highest BCUT2D eigenvalue weighted by Crippen LogP contribution is 2.30. The van der Waals surface area contributed by atoms with Crippen LogP contribution in [0.2, 0.25) is 0 Å². The molecule has 0 N–H and O–H groups in total. The molecule has 104 valence electrons. The Morgan fingerprint density at radius 3 is 2.53 bits per heavy atom. The molecule has 0 bridgehead atoms. The summed E-state index contributed by atoms with van der Waals surface area (Å²) in [5, 5.41) is 0. The molecule has 0 atom stereocenters. The Morgan fingerprint density at radius 2 is 1.84 bits per heavy atom. The molecule has 0 amide bonds. The van der Waals surface area contributed by atoms with E-state index in [1.165, 1.54) is 36.8 Å². The van der Waals surface area contributed by atoms with Gasteiger partial charge in [-0.15, -0.1) is 0 Å². The number of hydrogen-bond acceptors (Lipinski definition) is 2. The monoisotopic (exact) mass is 260 g/mol. The van der Waals surface area contributed by atoms with Crippen LogP contribution in [0.15, 0.2) is 30.3 Å². The molecule has 0 heterocycles. The van der Waals surface area contributed by atoms with Crippen LogP contribution < -0.4 is 4.74 Å². The summed E-state index contributed by atoms with van der Waals surface area (Å²) in [7, 11) is 1.76. The summed E-state index contributed by atoms with van der Waals surface area (Å²) >= 11 is 0. The fraction of sp³-hybridized carbons (Fsp3) is 0.529. The van der Waals surface area contributed by atoms with Crippen molar-refractivity contribution in [1.82, 2.24) is 0 Å². The molecule has 1 aromatic rings. The van der Waals surface area contributed by atoms with E-state index in [2.05, 4.69) is 24.3 Å². The molecule has 0 aliphatic heterocycles. The molecule has 0 spiro atoms. The van der Waals surface area contributed by atoms with Crippen LogP contribution in [0, 0.1) is 0 Å². The zero-order valence-electron chi connectivity index (χ0n) is 11.9. The van der Waals surface area contributed by atoms with Gasteiger partial charge >= 0.3 is 0 Å². The van der Waals surface area contributed by atoms with Crippen LogP contribution in [0.1, 0.15) is 44.1 Å². The number of methoxy groups -OCH3 is 1. The van der Waals surface area contributed by atoms with Crippen LogP contribution in [-0.4, -0.2) is 20.3 Å². The van der Waals surface area contributed by atoms with Gasteiger partial charge in [-0.05, 0) is 55.4 Å². The average molecular weight is 260 g/mol. The van der Waals surface area contributed by atoms with E-state index in [0.717, 1.165) is 31.8 Å². The van der Waals surface area contributed by atoms with Gasteiger partial charge in [0.1, 0.15) is 5.75 Å². The maximum atomic E-state index is 5.81. The van der Waals surface area contributed by atoms with E-state index in [1.54, 1.807) is 7.11 Å². The molecule has 0 saturated carbocycles. The summed E-state index contributed by atoms with van der Waals surface area (Å²) in [6.45, 7) is 1.69. The number of ether oxygens (including phenoxy) is 2. The minimum Gasteiger partial charge on any atom is -0.494 e. The summed E-state index contributed by atoms with van der Waals surface area (Å²) in [6, 6.07) is 8.47. The van der Waals surface area contributed by atoms with Crippen LogP contribution >= 0.6 is 0 Å². The molecule has 0 radical (unpaired) electrons. The summed E-state index contributed by atoms with van der Waals surface area (Å²) in [4.78, 5) is 0. The van der Waals surface area contributed by atoms with E-state index in [-0.39, 0.29) is 0 Å². The highest BCUT2D eigenvalue weighted by Gasteiger charge is 2.08. The second-order valence-corrected chi connectivity index (χ2v) is 5.05. The molecule has 2 heteroatoms. The first-order valence-corrected chi connectivity index (χ1v) is 7.31. The van der Waals surface area contributed by atoms with E-state index < -0.39 is 0 Å². The molecule has 0 unspecified atom stereocenters. The Morgan fingerprint density at radius 1 is 1.05 bits per heavy atom. The van der Waals surface area contributed by atoms with Gasteiger partial charge in [-0.3, -0.25) is 0 Å². The molecule has 1 aromatic carbocycles. The summed E-state index contributed by atoms with van der Waals surface area (Å²) < 4.78 is 10.8. The van der Waals surface area contributed by atoms with Gasteiger partial charge in [0, 0.05) is 13.7 Å². The van der Waals surface area contributed by atoms with Gasteiger partial charge in [0.15, 0.2) is 0 Å². The zero-order valence-corrected chi connectivity index (χ0v) is 11.9. The van der Waals surface area contributed by atoms with Gasteiger partial charge in [-0.25, -0.2) is 0 Å². The molecule has 0 saturated heterocycles. The van der Waals surface area contributed by atoms with Crippen LogP contribution in [0.3, 0.4) is 0 Å². The molecule has 0 fully saturated rings. The number of rotatable bonds is 9. The lowest BCUT2D eigenvalue weighted by Gasteiger charge is -2.15. The highest BCUT2D eigenvalue weighted by atomic mass is 16.5. The van der Waals surface area contributed by atoms with Crippen molar-refractivity contribution in [2.45, 2.75) is 38.5 Å². The Hall–Kier alpha value is -1.28. The van der Waals surface area contributed by atoms with Crippen LogP contribution in [0.4, 0.5) is 0 Å². The maximum Gasteiger partial charge on any atom is 0.119 e. The van der Waals surface area contributed by atoms with E-state index >= 15 is 0 Å². The summed E-state index contributed by atoms with van der Waals surface area (Å²) in [5.74, 6) is 1.00. The SMILES string of the molecule is COCCCCCCOc1cccc(C2=CCC2)c1. The van der Waals surface area contributed by atoms with Gasteiger partial charge < -0.3 is 9.47 Å². The van der Waals surface area contributed by atoms with Gasteiger partial charge in [0.05, 0.1) is 6.61 Å². The van der Waals surface area contributed by atoms with Gasteiger partial charge in [0.2, 0.25) is 0 Å². The van der Waals surface area contributed by atoms with Crippen LogP contribution in [0.5, 0.6) is 5.75 Å². The Bertz CT molecular complexity index is 409. The molecule has 2 nitrogen and oxygen atoms in total. The van der Waals surface area contributed by atoms with Crippen molar-refractivity contribution < 1.29 is 9.47 Å². The van der Waals surface area contributed by atoms with Crippen molar-refractivity contribution in [2.24, 2.45) is 0 Å². The minimum absolute atomic E-state index is 0.815. The number of unbranched alkanes of at least 4 members (excludes halogenated alkanes) is 3. The predicted octanol–water partition coefficient (Wildman–Crippen LogP) is 4.45. The first-order valence-electron chi connectivity index (χ1n) is 7.31. The molecular formula is C17H24O2. The first-order chi connectivity index (χ1) is 9.40. The maximum absolute atomic E-state index is 5.81. The van der Waals surface area contributed by atoms with E-state index in [0.29, 0.717) is 0 Å². The van der Waals surface area contributed by atoms with E-state index in [4.69, 9.17) is 9.47 Å². The van der Waals surface area contributed by atoms with Crippen molar-refractivity contribution in [2.75, 3.05) is 20.3 Å². The minimum atomic E-state index is 0.815. The largest absolute Gasteiger partial charge is 0.494 e. The number of allylic oxidation sites excluding steroid dienone is 2. The molecule has 0 aromatic heterocycles. The van der Waals surface area contributed by atoms with Crippen molar-refractivity contribution in [3.05, 3.63) is 35.9 Å². The van der Waals surface area contributed by atoms with Crippen molar-refractivity contribution in [3.8, 4) is 5.75 Å². The van der Waals surface area contributed by atoms with E-state index in [9.17, 15) is 0 Å². The van der Waals surface area contributed by atoms with Crippen molar-refractivity contribution in [3.63, 3.8) is 0 Å². The topological polar surface area (TPSA) is 18.5 Å². The highest BCUT2D eigenvalue weighted by molar-refractivity contribution is 5.70. The van der Waals surface area contributed by atoms with Crippen LogP contribution in [0.25, 0.3) is 5.57 Å². The fourth-order valence-electron chi connectivity index (χ4n) is 2.23. The predicted molar refractivity (Wildman–Crippen MR) is 79.5 cm³/mol. The lowest BCUT2D eigenvalue weighted by atomic mass is 9.92. The molecule has 1 aliphatic rings. The van der Waals surface area contributed by atoms with Crippen molar-refractivity contribution >= 4 is 5.57 Å². The zero-order chi connectivity index (χ0) is 13.3. The second kappa shape index (κ2) is 8.00. The van der Waals surface area contributed by atoms with Gasteiger partial charge in [0.25, 0.3) is 0 Å². The summed E-state index contributed by atoms with van der Waals surface area (Å²) in [5.41, 5.74) is 2.79. The smallest absolute Gasteiger partial charge is 0.119 e. The Balaban J connectivity index is 1.65. The third-order valence-corrected chi connectivity index (χ3v) is 3.52. The molecular weight excluding hydrogens is 236 g/mol. The number of benzene rings is 1. The lowest BCUT2D eigenvalue weighted by molar-refractivity contribution is 0.191. The average Bonchev–Trinajstić information content (AvgIpc) is 2.36. The normalized spacial score (nSPS) is 13.8. The van der Waals surface area contributed by atoms with Crippen molar-refractivity contribution in [1.29, 1.82) is 0 Å². The molecule has 1 aliphatic carbocycles. The Kier molecular flexibility index (Phi) is 5.96. The van der Waals surface area contributed by atoms with Gasteiger partial charge in [-0.1, -0.05) is 24.6 Å². The molecule has 2 rings (SSSR count). The lowest BCUT2D eigenvalue weighted by Crippen LogP contribution is -1.99.